The van der Waals surface area contributed by atoms with Gasteiger partial charge >= 0.3 is 0 Å². The molecule has 27 heavy (non-hydrogen) atoms. The van der Waals surface area contributed by atoms with Crippen molar-refractivity contribution in [2.24, 2.45) is 0 Å². The average Bonchev–Trinajstić information content (AvgIpc) is 2.67. The maximum atomic E-state index is 12.9. The van der Waals surface area contributed by atoms with Gasteiger partial charge in [-0.3, -0.25) is 9.59 Å². The first-order valence-corrected chi connectivity index (χ1v) is 10.2. The minimum absolute atomic E-state index is 0.00704. The third-order valence-electron chi connectivity index (χ3n) is 4.35. The molecular weight excluding hydrogens is 404 g/mol. The predicted molar refractivity (Wildman–Crippen MR) is 112 cm³/mol. The summed E-state index contributed by atoms with van der Waals surface area (Å²) in [7, 11) is 0. The second-order valence-electron chi connectivity index (χ2n) is 6.50. The van der Waals surface area contributed by atoms with Crippen LogP contribution in [0.15, 0.2) is 59.1 Å². The number of nitrogens with zero attached hydrogens (tertiary/aromatic N) is 1. The van der Waals surface area contributed by atoms with Gasteiger partial charge in [-0.25, -0.2) is 0 Å². The van der Waals surface area contributed by atoms with E-state index in [-0.39, 0.29) is 11.8 Å². The number of likely N-dealkylation sites (N-methyl/N-ethyl adjacent to an activating group) is 1. The lowest BCUT2D eigenvalue weighted by Gasteiger charge is -2.31. The van der Waals surface area contributed by atoms with Crippen molar-refractivity contribution in [2.75, 3.05) is 6.54 Å². The quantitative estimate of drug-likeness (QED) is 0.643. The molecule has 2 aromatic rings. The number of carbonyl (C=O) groups is 2. The van der Waals surface area contributed by atoms with Gasteiger partial charge in [0, 0.05) is 30.4 Å². The van der Waals surface area contributed by atoms with Crippen LogP contribution in [-0.2, 0) is 22.6 Å². The zero-order chi connectivity index (χ0) is 19.6. The molecule has 144 valence electrons. The molecule has 2 rings (SSSR count). The van der Waals surface area contributed by atoms with Crippen LogP contribution in [0.4, 0.5) is 0 Å². The van der Waals surface area contributed by atoms with E-state index in [1.54, 1.807) is 4.90 Å². The van der Waals surface area contributed by atoms with E-state index >= 15 is 0 Å². The molecule has 0 fully saturated rings. The van der Waals surface area contributed by atoms with Crippen LogP contribution in [0.3, 0.4) is 0 Å². The topological polar surface area (TPSA) is 49.4 Å². The van der Waals surface area contributed by atoms with E-state index in [0.29, 0.717) is 25.9 Å². The Morgan fingerprint density at radius 3 is 2.26 bits per heavy atom. The summed E-state index contributed by atoms with van der Waals surface area (Å²) in [6.45, 7) is 4.83. The summed E-state index contributed by atoms with van der Waals surface area (Å²) in [5.74, 6) is -0.101. The predicted octanol–water partition coefficient (Wildman–Crippen LogP) is 4.33. The van der Waals surface area contributed by atoms with Crippen LogP contribution in [0.1, 0.15) is 37.8 Å². The van der Waals surface area contributed by atoms with E-state index in [9.17, 15) is 9.59 Å². The molecule has 0 spiro atoms. The molecule has 4 nitrogen and oxygen atoms in total. The minimum atomic E-state index is -0.532. The number of halogens is 1. The summed E-state index contributed by atoms with van der Waals surface area (Å²) in [5, 5.41) is 2.90. The van der Waals surface area contributed by atoms with Gasteiger partial charge in [0.25, 0.3) is 0 Å². The Labute approximate surface area is 170 Å². The van der Waals surface area contributed by atoms with Crippen molar-refractivity contribution in [3.63, 3.8) is 0 Å². The molecule has 2 amide bonds. The van der Waals surface area contributed by atoms with Crippen molar-refractivity contribution in [1.82, 2.24) is 10.2 Å². The Balaban J connectivity index is 2.33. The van der Waals surface area contributed by atoms with E-state index in [1.807, 2.05) is 68.4 Å². The number of hydrogen-bond acceptors (Lipinski definition) is 2. The Morgan fingerprint density at radius 2 is 1.67 bits per heavy atom. The first-order chi connectivity index (χ1) is 13.0. The number of rotatable bonds is 9. The van der Waals surface area contributed by atoms with Crippen molar-refractivity contribution in [3.05, 3.63) is 70.2 Å². The van der Waals surface area contributed by atoms with Crippen LogP contribution in [0.25, 0.3) is 0 Å². The fourth-order valence-corrected chi connectivity index (χ4v) is 3.25. The van der Waals surface area contributed by atoms with Crippen LogP contribution in [0.2, 0.25) is 0 Å². The van der Waals surface area contributed by atoms with Gasteiger partial charge in [-0.2, -0.15) is 0 Å². The molecule has 5 heteroatoms. The first-order valence-electron chi connectivity index (χ1n) is 9.40. The summed E-state index contributed by atoms with van der Waals surface area (Å²) in [6.07, 6.45) is 1.68. The van der Waals surface area contributed by atoms with Gasteiger partial charge in [-0.1, -0.05) is 65.3 Å². The maximum Gasteiger partial charge on any atom is 0.243 e. The van der Waals surface area contributed by atoms with E-state index in [1.165, 1.54) is 0 Å². The summed E-state index contributed by atoms with van der Waals surface area (Å²) >= 11 is 3.44. The van der Waals surface area contributed by atoms with Gasteiger partial charge < -0.3 is 10.2 Å². The molecule has 1 atom stereocenters. The Kier molecular flexibility index (Phi) is 8.52. The zero-order valence-electron chi connectivity index (χ0n) is 16.0. The van der Waals surface area contributed by atoms with Crippen LogP contribution in [0.5, 0.6) is 0 Å². The molecule has 0 bridgehead atoms. The van der Waals surface area contributed by atoms with Gasteiger partial charge in [-0.15, -0.1) is 0 Å². The van der Waals surface area contributed by atoms with Crippen LogP contribution in [0, 0.1) is 0 Å². The molecule has 0 aliphatic carbocycles. The third-order valence-corrected chi connectivity index (χ3v) is 4.88. The second-order valence-corrected chi connectivity index (χ2v) is 7.41. The lowest BCUT2D eigenvalue weighted by molar-refractivity contribution is -0.141. The molecule has 0 unspecified atom stereocenters. The van der Waals surface area contributed by atoms with Crippen LogP contribution >= 0.6 is 15.9 Å². The molecule has 1 N–H and O–H groups in total. The number of nitrogens with one attached hydrogen (secondary N) is 1. The highest BCUT2D eigenvalue weighted by Gasteiger charge is 2.29. The number of hydrogen-bond donors (Lipinski definition) is 1. The van der Waals surface area contributed by atoms with Crippen molar-refractivity contribution in [1.29, 1.82) is 0 Å². The summed E-state index contributed by atoms with van der Waals surface area (Å²) in [6, 6.07) is 17.2. The monoisotopic (exact) mass is 430 g/mol. The lowest BCUT2D eigenvalue weighted by atomic mass is 10.0. The normalized spacial score (nSPS) is 11.7. The Morgan fingerprint density at radius 1 is 1.00 bits per heavy atom. The molecular formula is C22H27BrN2O2. The fourth-order valence-electron chi connectivity index (χ4n) is 2.99. The van der Waals surface area contributed by atoms with Crippen molar-refractivity contribution in [3.8, 4) is 0 Å². The van der Waals surface area contributed by atoms with Crippen molar-refractivity contribution < 1.29 is 9.59 Å². The van der Waals surface area contributed by atoms with E-state index in [4.69, 9.17) is 0 Å². The summed E-state index contributed by atoms with van der Waals surface area (Å²) in [5.41, 5.74) is 2.05. The van der Waals surface area contributed by atoms with Crippen molar-refractivity contribution >= 4 is 27.7 Å². The first kappa shape index (κ1) is 21.2. The Bertz CT molecular complexity index is 732. The van der Waals surface area contributed by atoms with E-state index < -0.39 is 6.04 Å². The largest absolute Gasteiger partial charge is 0.355 e. The van der Waals surface area contributed by atoms with Crippen LogP contribution < -0.4 is 5.32 Å². The summed E-state index contributed by atoms with van der Waals surface area (Å²) < 4.78 is 0.988. The molecule has 0 aromatic heterocycles. The molecule has 0 aliphatic rings. The average molecular weight is 431 g/mol. The maximum absolute atomic E-state index is 12.9. The SMILES string of the molecule is CCCC(=O)N(Cc1ccc(Br)cc1)[C@H](Cc1ccccc1)C(=O)NCC. The highest BCUT2D eigenvalue weighted by atomic mass is 79.9. The van der Waals surface area contributed by atoms with Gasteiger partial charge in [0.2, 0.25) is 11.8 Å². The van der Waals surface area contributed by atoms with E-state index in [2.05, 4.69) is 21.2 Å². The smallest absolute Gasteiger partial charge is 0.243 e. The second kappa shape index (κ2) is 10.9. The summed E-state index contributed by atoms with van der Waals surface area (Å²) in [4.78, 5) is 27.4. The molecule has 0 radical (unpaired) electrons. The van der Waals surface area contributed by atoms with E-state index in [0.717, 1.165) is 22.0 Å². The fraction of sp³-hybridized carbons (Fsp3) is 0.364. The van der Waals surface area contributed by atoms with Gasteiger partial charge in [0.05, 0.1) is 0 Å². The highest BCUT2D eigenvalue weighted by Crippen LogP contribution is 2.18. The molecule has 0 heterocycles. The molecule has 0 aliphatic heterocycles. The van der Waals surface area contributed by atoms with Gasteiger partial charge in [0.15, 0.2) is 0 Å². The zero-order valence-corrected chi connectivity index (χ0v) is 17.5. The number of carbonyl (C=O) groups excluding carboxylic acids is 2. The van der Waals surface area contributed by atoms with Crippen molar-refractivity contribution in [2.45, 2.75) is 45.7 Å². The molecule has 2 aromatic carbocycles. The van der Waals surface area contributed by atoms with Crippen LogP contribution in [-0.4, -0.2) is 29.3 Å². The van der Waals surface area contributed by atoms with Gasteiger partial charge in [-0.05, 0) is 36.6 Å². The van der Waals surface area contributed by atoms with Gasteiger partial charge in [0.1, 0.15) is 6.04 Å². The lowest BCUT2D eigenvalue weighted by Crippen LogP contribution is -2.50. The number of benzene rings is 2. The molecule has 0 saturated carbocycles. The number of amides is 2. The highest BCUT2D eigenvalue weighted by molar-refractivity contribution is 9.10. The third kappa shape index (κ3) is 6.51. The standard InChI is InChI=1S/C22H27BrN2O2/c1-3-8-21(26)25(16-18-11-13-19(23)14-12-18)20(22(27)24-4-2)15-17-9-6-5-7-10-17/h5-7,9-14,20H,3-4,8,15-16H2,1-2H3,(H,24,27)/t20-/m1/s1. The Hall–Kier alpha value is -2.14. The molecule has 0 saturated heterocycles. The minimum Gasteiger partial charge on any atom is -0.355 e.